The molecule has 0 radical (unpaired) electrons. The number of amides is 1. The van der Waals surface area contributed by atoms with Crippen LogP contribution in [0.3, 0.4) is 0 Å². The predicted octanol–water partition coefficient (Wildman–Crippen LogP) is 0.371. The third-order valence-corrected chi connectivity index (χ3v) is 3.42. The highest BCUT2D eigenvalue weighted by molar-refractivity contribution is 5.91. The average Bonchev–Trinajstić information content (AvgIpc) is 2.99. The lowest BCUT2D eigenvalue weighted by molar-refractivity contribution is -0.127. The van der Waals surface area contributed by atoms with Crippen molar-refractivity contribution in [3.8, 4) is 0 Å². The first-order valence-corrected chi connectivity index (χ1v) is 5.89. The number of anilines is 1. The monoisotopic (exact) mass is 237 g/mol. The Morgan fingerprint density at radius 3 is 2.88 bits per heavy atom. The van der Waals surface area contributed by atoms with E-state index >= 15 is 0 Å². The highest BCUT2D eigenvalue weighted by atomic mass is 16.5. The minimum absolute atomic E-state index is 0.00463. The number of methoxy groups -OCH3 is 1. The summed E-state index contributed by atoms with van der Waals surface area (Å²) >= 11 is 0. The van der Waals surface area contributed by atoms with Crippen molar-refractivity contribution in [2.75, 3.05) is 12.4 Å². The first kappa shape index (κ1) is 10.6. The summed E-state index contributed by atoms with van der Waals surface area (Å²) in [6, 6.07) is 0.369. The van der Waals surface area contributed by atoms with E-state index in [0.717, 1.165) is 25.7 Å². The van der Waals surface area contributed by atoms with Gasteiger partial charge in [-0.2, -0.15) is 0 Å². The van der Waals surface area contributed by atoms with Crippen LogP contribution in [0, 0.1) is 5.92 Å². The van der Waals surface area contributed by atoms with Crippen LogP contribution in [0.25, 0.3) is 0 Å². The van der Waals surface area contributed by atoms with E-state index in [0.29, 0.717) is 12.0 Å². The molecule has 1 aromatic heterocycles. The largest absolute Gasteiger partial charge is 0.381 e. The second-order valence-corrected chi connectivity index (χ2v) is 4.69. The number of carbonyl (C=O) groups excluding carboxylic acids is 1. The van der Waals surface area contributed by atoms with Gasteiger partial charge in [-0.05, 0) is 36.1 Å². The van der Waals surface area contributed by atoms with Crippen molar-refractivity contribution in [1.29, 1.82) is 0 Å². The molecule has 2 fully saturated rings. The van der Waals surface area contributed by atoms with Crippen molar-refractivity contribution in [2.24, 2.45) is 5.92 Å². The van der Waals surface area contributed by atoms with Gasteiger partial charge in [-0.3, -0.25) is 10.1 Å². The smallest absolute Gasteiger partial charge is 0.249 e. The fraction of sp³-hybridized carbons (Fsp3) is 0.800. The summed E-state index contributed by atoms with van der Waals surface area (Å²) in [5, 5.41) is 14.1. The van der Waals surface area contributed by atoms with Crippen molar-refractivity contribution in [3.05, 3.63) is 0 Å². The van der Waals surface area contributed by atoms with Crippen molar-refractivity contribution in [3.63, 3.8) is 0 Å². The molecule has 3 rings (SSSR count). The van der Waals surface area contributed by atoms with E-state index in [1.165, 1.54) is 0 Å². The third kappa shape index (κ3) is 2.02. The molecule has 0 unspecified atom stereocenters. The molecule has 0 atom stereocenters. The van der Waals surface area contributed by atoms with Gasteiger partial charge in [0.25, 0.3) is 0 Å². The highest BCUT2D eigenvalue weighted by Gasteiger charge is 2.36. The van der Waals surface area contributed by atoms with Crippen LogP contribution in [0.4, 0.5) is 5.95 Å². The number of tetrazole rings is 1. The first-order valence-electron chi connectivity index (χ1n) is 5.89. The molecule has 1 heterocycles. The number of ether oxygens (including phenoxy) is 1. The molecule has 2 saturated carbocycles. The van der Waals surface area contributed by atoms with Gasteiger partial charge >= 0.3 is 0 Å². The Bertz CT molecular complexity index is 422. The predicted molar refractivity (Wildman–Crippen MR) is 58.2 cm³/mol. The number of aromatic nitrogens is 4. The van der Waals surface area contributed by atoms with E-state index in [-0.39, 0.29) is 17.9 Å². The molecular formula is C10H15N5O2. The highest BCUT2D eigenvalue weighted by Crippen LogP contribution is 2.36. The molecule has 0 bridgehead atoms. The molecule has 92 valence electrons. The summed E-state index contributed by atoms with van der Waals surface area (Å²) in [4.78, 5) is 11.9. The average molecular weight is 237 g/mol. The maximum atomic E-state index is 11.9. The Kier molecular flexibility index (Phi) is 2.54. The minimum Gasteiger partial charge on any atom is -0.381 e. The van der Waals surface area contributed by atoms with Gasteiger partial charge in [-0.15, -0.1) is 0 Å². The molecule has 1 N–H and O–H groups in total. The molecule has 1 amide bonds. The fourth-order valence-corrected chi connectivity index (χ4v) is 2.03. The summed E-state index contributed by atoms with van der Waals surface area (Å²) < 4.78 is 6.85. The number of nitrogens with zero attached hydrogens (tertiary/aromatic N) is 4. The molecule has 0 aliphatic heterocycles. The quantitative estimate of drug-likeness (QED) is 0.818. The Hall–Kier alpha value is -1.50. The molecule has 2 aliphatic rings. The molecule has 0 spiro atoms. The second-order valence-electron chi connectivity index (χ2n) is 4.69. The summed E-state index contributed by atoms with van der Waals surface area (Å²) in [5.74, 6) is 0.498. The lowest BCUT2D eigenvalue weighted by atomic mass is 9.81. The Morgan fingerprint density at radius 2 is 2.24 bits per heavy atom. The van der Waals surface area contributed by atoms with Crippen LogP contribution in [0.2, 0.25) is 0 Å². The van der Waals surface area contributed by atoms with Gasteiger partial charge in [0.2, 0.25) is 11.9 Å². The topological polar surface area (TPSA) is 81.9 Å². The zero-order valence-electron chi connectivity index (χ0n) is 9.67. The van der Waals surface area contributed by atoms with Crippen molar-refractivity contribution < 1.29 is 9.53 Å². The van der Waals surface area contributed by atoms with Gasteiger partial charge in [-0.1, -0.05) is 5.10 Å². The van der Waals surface area contributed by atoms with E-state index in [9.17, 15) is 4.79 Å². The Morgan fingerprint density at radius 1 is 1.47 bits per heavy atom. The molecule has 1 aromatic rings. The summed E-state index contributed by atoms with van der Waals surface area (Å²) in [7, 11) is 1.67. The van der Waals surface area contributed by atoms with Crippen molar-refractivity contribution in [1.82, 2.24) is 20.2 Å². The van der Waals surface area contributed by atoms with Gasteiger partial charge in [0.15, 0.2) is 0 Å². The van der Waals surface area contributed by atoms with E-state index in [1.807, 2.05) is 0 Å². The van der Waals surface area contributed by atoms with Crippen molar-refractivity contribution in [2.45, 2.75) is 37.8 Å². The lowest BCUT2D eigenvalue weighted by Crippen LogP contribution is -2.39. The van der Waals surface area contributed by atoms with Crippen LogP contribution in [-0.2, 0) is 9.53 Å². The molecule has 7 heteroatoms. The van der Waals surface area contributed by atoms with E-state index in [2.05, 4.69) is 20.8 Å². The molecule has 0 aromatic carbocycles. The zero-order chi connectivity index (χ0) is 11.8. The Balaban J connectivity index is 1.59. The van der Waals surface area contributed by atoms with Crippen LogP contribution in [0.5, 0.6) is 0 Å². The maximum Gasteiger partial charge on any atom is 0.249 e. The molecular weight excluding hydrogens is 222 g/mol. The van der Waals surface area contributed by atoms with Gasteiger partial charge in [0.1, 0.15) is 0 Å². The number of hydrogen-bond acceptors (Lipinski definition) is 5. The number of nitrogens with one attached hydrogen (secondary N) is 1. The molecule has 17 heavy (non-hydrogen) atoms. The number of hydrogen-bond donors (Lipinski definition) is 1. The van der Waals surface area contributed by atoms with Gasteiger partial charge in [0.05, 0.1) is 12.1 Å². The van der Waals surface area contributed by atoms with Gasteiger partial charge < -0.3 is 4.74 Å². The summed E-state index contributed by atoms with van der Waals surface area (Å²) in [6.45, 7) is 0. The second kappa shape index (κ2) is 4.06. The lowest BCUT2D eigenvalue weighted by Gasteiger charge is -2.32. The normalized spacial score (nSPS) is 27.6. The first-order chi connectivity index (χ1) is 8.28. The van der Waals surface area contributed by atoms with Crippen LogP contribution >= 0.6 is 0 Å². The summed E-state index contributed by atoms with van der Waals surface area (Å²) in [5.41, 5.74) is 0. The van der Waals surface area contributed by atoms with Crippen LogP contribution in [0.1, 0.15) is 31.7 Å². The van der Waals surface area contributed by atoms with Crippen molar-refractivity contribution >= 4 is 11.9 Å². The van der Waals surface area contributed by atoms with Gasteiger partial charge in [0, 0.05) is 13.0 Å². The zero-order valence-corrected chi connectivity index (χ0v) is 9.67. The SMILES string of the molecule is COC1CC(C(=O)Nc2nnnn2C2CC2)C1. The van der Waals surface area contributed by atoms with Gasteiger partial charge in [-0.25, -0.2) is 4.68 Å². The molecule has 0 saturated heterocycles. The molecule has 7 nitrogen and oxygen atoms in total. The third-order valence-electron chi connectivity index (χ3n) is 3.42. The standard InChI is InChI=1S/C10H15N5O2/c1-17-8-4-6(5-8)9(16)11-10-12-13-14-15(10)7-2-3-7/h6-8H,2-5H2,1H3,(H,11,12,14,16). The number of rotatable bonds is 4. The fourth-order valence-electron chi connectivity index (χ4n) is 2.03. The van der Waals surface area contributed by atoms with Crippen LogP contribution < -0.4 is 5.32 Å². The Labute approximate surface area is 98.5 Å². The maximum absolute atomic E-state index is 11.9. The number of carbonyl (C=O) groups is 1. The van der Waals surface area contributed by atoms with E-state index in [4.69, 9.17) is 4.74 Å². The van der Waals surface area contributed by atoms with E-state index in [1.54, 1.807) is 11.8 Å². The molecule has 2 aliphatic carbocycles. The van der Waals surface area contributed by atoms with Crippen LogP contribution in [-0.4, -0.2) is 39.3 Å². The summed E-state index contributed by atoms with van der Waals surface area (Å²) in [6.07, 6.45) is 3.97. The minimum atomic E-state index is -0.00463. The van der Waals surface area contributed by atoms with E-state index < -0.39 is 0 Å². The van der Waals surface area contributed by atoms with Crippen LogP contribution in [0.15, 0.2) is 0 Å².